The molecule has 0 radical (unpaired) electrons. The van der Waals surface area contributed by atoms with Crippen LogP contribution in [0.15, 0.2) is 36.4 Å². The monoisotopic (exact) mass is 548 g/mol. The zero-order valence-corrected chi connectivity index (χ0v) is 20.5. The van der Waals surface area contributed by atoms with Gasteiger partial charge in [-0.1, -0.05) is 40.3 Å². The van der Waals surface area contributed by atoms with Crippen molar-refractivity contribution < 1.29 is 4.79 Å². The summed E-state index contributed by atoms with van der Waals surface area (Å²) >= 11 is 8.59. The molecule has 1 amide bonds. The van der Waals surface area contributed by atoms with Gasteiger partial charge in [0, 0.05) is 43.5 Å². The summed E-state index contributed by atoms with van der Waals surface area (Å²) < 4.78 is 1.00. The number of fused-ring (bicyclic) bond motifs is 1. The molecular formula is C24H26ClIN4O. The summed E-state index contributed by atoms with van der Waals surface area (Å²) in [7, 11) is 2.07. The molecule has 2 aliphatic rings. The van der Waals surface area contributed by atoms with Crippen LogP contribution in [0.3, 0.4) is 0 Å². The zero-order chi connectivity index (χ0) is 22.0. The SMILES string of the molecule is CN(c1ccc(C#N)c(Cl)c1)C1CCC(NC(=O)c2ccc3c(c2)CN(CI)C3)CC1. The molecule has 162 valence electrons. The standard InChI is InChI=1S/C24H26ClIN4O/c1-29(22-7-4-17(12-27)23(25)11-22)21-8-5-20(6-9-21)28-24(31)16-2-3-18-13-30(15-26)14-19(18)10-16/h2-4,7,10-11,20-21H,5-6,8-9,13-15H2,1H3,(H,28,31). The first-order valence-electron chi connectivity index (χ1n) is 10.6. The number of benzene rings is 2. The van der Waals surface area contributed by atoms with Crippen LogP contribution in [0, 0.1) is 11.3 Å². The van der Waals surface area contributed by atoms with Gasteiger partial charge in [-0.2, -0.15) is 5.26 Å². The minimum atomic E-state index is 0.0337. The number of carbonyl (C=O) groups is 1. The number of hydrogen-bond donors (Lipinski definition) is 1. The predicted molar refractivity (Wildman–Crippen MR) is 133 cm³/mol. The summed E-state index contributed by atoms with van der Waals surface area (Å²) in [5.74, 6) is 0.0337. The number of nitrogens with one attached hydrogen (secondary N) is 1. The molecule has 0 atom stereocenters. The third-order valence-electron chi connectivity index (χ3n) is 6.49. The van der Waals surface area contributed by atoms with Gasteiger partial charge in [0.1, 0.15) is 6.07 Å². The minimum absolute atomic E-state index is 0.0337. The number of rotatable bonds is 5. The van der Waals surface area contributed by atoms with E-state index in [1.54, 1.807) is 6.07 Å². The number of anilines is 1. The van der Waals surface area contributed by atoms with Gasteiger partial charge in [0.2, 0.25) is 0 Å². The van der Waals surface area contributed by atoms with E-state index in [4.69, 9.17) is 16.9 Å². The number of nitriles is 1. The van der Waals surface area contributed by atoms with Gasteiger partial charge >= 0.3 is 0 Å². The van der Waals surface area contributed by atoms with Crippen molar-refractivity contribution in [1.82, 2.24) is 10.2 Å². The molecule has 1 aliphatic heterocycles. The molecule has 0 spiro atoms. The summed E-state index contributed by atoms with van der Waals surface area (Å²) in [6, 6.07) is 14.4. The second-order valence-electron chi connectivity index (χ2n) is 8.46. The number of alkyl halides is 1. The lowest BCUT2D eigenvalue weighted by atomic mass is 9.89. The summed E-state index contributed by atoms with van der Waals surface area (Å²) in [6.45, 7) is 1.90. The van der Waals surface area contributed by atoms with Gasteiger partial charge in [-0.05, 0) is 67.1 Å². The van der Waals surface area contributed by atoms with E-state index in [9.17, 15) is 4.79 Å². The number of hydrogen-bond acceptors (Lipinski definition) is 4. The molecule has 1 heterocycles. The third-order valence-corrected chi connectivity index (χ3v) is 7.76. The Morgan fingerprint density at radius 2 is 1.94 bits per heavy atom. The average molecular weight is 549 g/mol. The lowest BCUT2D eigenvalue weighted by Gasteiger charge is -2.36. The van der Waals surface area contributed by atoms with Gasteiger partial charge in [0.15, 0.2) is 0 Å². The topological polar surface area (TPSA) is 59.4 Å². The number of carbonyl (C=O) groups excluding carboxylic acids is 1. The lowest BCUT2D eigenvalue weighted by molar-refractivity contribution is 0.0925. The van der Waals surface area contributed by atoms with Gasteiger partial charge in [-0.15, -0.1) is 0 Å². The number of halogens is 2. The smallest absolute Gasteiger partial charge is 0.251 e. The van der Waals surface area contributed by atoms with Crippen molar-refractivity contribution in [2.75, 3.05) is 16.5 Å². The van der Waals surface area contributed by atoms with Crippen LogP contribution in [0.1, 0.15) is 52.7 Å². The first kappa shape index (κ1) is 22.4. The Labute approximate surface area is 202 Å². The molecule has 1 aliphatic carbocycles. The molecule has 5 nitrogen and oxygen atoms in total. The van der Waals surface area contributed by atoms with Crippen LogP contribution < -0.4 is 10.2 Å². The second-order valence-corrected chi connectivity index (χ2v) is 9.55. The first-order valence-corrected chi connectivity index (χ1v) is 12.5. The van der Waals surface area contributed by atoms with Crippen molar-refractivity contribution in [3.8, 4) is 6.07 Å². The summed E-state index contributed by atoms with van der Waals surface area (Å²) in [6.07, 6.45) is 3.93. The second kappa shape index (κ2) is 9.76. The van der Waals surface area contributed by atoms with Crippen molar-refractivity contribution >= 4 is 45.8 Å². The van der Waals surface area contributed by atoms with Gasteiger partial charge in [0.25, 0.3) is 5.91 Å². The van der Waals surface area contributed by atoms with E-state index in [0.29, 0.717) is 16.6 Å². The zero-order valence-electron chi connectivity index (χ0n) is 17.6. The molecule has 0 bridgehead atoms. The Hall–Kier alpha value is -1.82. The molecule has 4 rings (SSSR count). The predicted octanol–water partition coefficient (Wildman–Crippen LogP) is 5.10. The van der Waals surface area contributed by atoms with E-state index in [-0.39, 0.29) is 11.9 Å². The minimum Gasteiger partial charge on any atom is -0.372 e. The molecule has 1 saturated carbocycles. The van der Waals surface area contributed by atoms with Crippen molar-refractivity contribution in [2.45, 2.75) is 50.9 Å². The van der Waals surface area contributed by atoms with Crippen LogP contribution in [0.5, 0.6) is 0 Å². The first-order chi connectivity index (χ1) is 15.0. The largest absolute Gasteiger partial charge is 0.372 e. The van der Waals surface area contributed by atoms with Crippen LogP contribution in [0.25, 0.3) is 0 Å². The fourth-order valence-corrected chi connectivity index (χ4v) is 5.29. The Balaban J connectivity index is 1.32. The molecule has 1 N–H and O–H groups in total. The van der Waals surface area contributed by atoms with Crippen molar-refractivity contribution in [2.24, 2.45) is 0 Å². The Morgan fingerprint density at radius 3 is 2.61 bits per heavy atom. The highest BCUT2D eigenvalue weighted by atomic mass is 127. The van der Waals surface area contributed by atoms with E-state index < -0.39 is 0 Å². The highest BCUT2D eigenvalue weighted by Crippen LogP contribution is 2.30. The fourth-order valence-electron chi connectivity index (χ4n) is 4.59. The maximum Gasteiger partial charge on any atom is 0.251 e. The quantitative estimate of drug-likeness (QED) is 0.321. The van der Waals surface area contributed by atoms with Crippen LogP contribution in [-0.2, 0) is 13.1 Å². The molecular weight excluding hydrogens is 523 g/mol. The normalized spacial score (nSPS) is 20.7. The van der Waals surface area contributed by atoms with Crippen LogP contribution in [0.4, 0.5) is 5.69 Å². The Morgan fingerprint density at radius 1 is 1.19 bits per heavy atom. The van der Waals surface area contributed by atoms with E-state index in [1.165, 1.54) is 11.1 Å². The maximum absolute atomic E-state index is 12.8. The van der Waals surface area contributed by atoms with Crippen LogP contribution >= 0.6 is 34.2 Å². The average Bonchev–Trinajstić information content (AvgIpc) is 3.21. The van der Waals surface area contributed by atoms with Crippen molar-refractivity contribution in [1.29, 1.82) is 5.26 Å². The molecule has 0 aromatic heterocycles. The highest BCUT2D eigenvalue weighted by Gasteiger charge is 2.26. The highest BCUT2D eigenvalue weighted by molar-refractivity contribution is 14.1. The molecule has 0 saturated heterocycles. The number of nitrogens with zero attached hydrogens (tertiary/aromatic N) is 3. The fraction of sp³-hybridized carbons (Fsp3) is 0.417. The molecule has 2 aromatic carbocycles. The van der Waals surface area contributed by atoms with E-state index in [0.717, 1.165) is 54.6 Å². The molecule has 2 aromatic rings. The Bertz CT molecular complexity index is 1010. The summed E-state index contributed by atoms with van der Waals surface area (Å²) in [5.41, 5.74) is 4.89. The lowest BCUT2D eigenvalue weighted by Crippen LogP contribution is -2.43. The maximum atomic E-state index is 12.8. The summed E-state index contributed by atoms with van der Waals surface area (Å²) in [4.78, 5) is 17.4. The van der Waals surface area contributed by atoms with Gasteiger partial charge < -0.3 is 10.2 Å². The number of amides is 1. The van der Waals surface area contributed by atoms with Gasteiger partial charge in [0.05, 0.1) is 15.1 Å². The molecule has 7 heteroatoms. The van der Waals surface area contributed by atoms with Crippen LogP contribution in [-0.4, -0.2) is 34.5 Å². The molecule has 0 unspecified atom stereocenters. The van der Waals surface area contributed by atoms with Gasteiger partial charge in [-0.3, -0.25) is 9.69 Å². The van der Waals surface area contributed by atoms with Crippen LogP contribution in [0.2, 0.25) is 5.02 Å². The third kappa shape index (κ3) is 5.00. The van der Waals surface area contributed by atoms with Crippen molar-refractivity contribution in [3.05, 3.63) is 63.7 Å². The van der Waals surface area contributed by atoms with E-state index in [1.807, 2.05) is 18.2 Å². The van der Waals surface area contributed by atoms with E-state index in [2.05, 4.69) is 63.0 Å². The van der Waals surface area contributed by atoms with Crippen molar-refractivity contribution in [3.63, 3.8) is 0 Å². The Kier molecular flexibility index (Phi) is 7.05. The molecule has 31 heavy (non-hydrogen) atoms. The van der Waals surface area contributed by atoms with Gasteiger partial charge in [-0.25, -0.2) is 0 Å². The molecule has 1 fully saturated rings. The summed E-state index contributed by atoms with van der Waals surface area (Å²) in [5, 5.41) is 12.8. The van der Waals surface area contributed by atoms with E-state index >= 15 is 0 Å².